The number of rotatable bonds is 5. The van der Waals surface area contributed by atoms with E-state index in [2.05, 4.69) is 0 Å². The lowest BCUT2D eigenvalue weighted by atomic mass is 9.96. The summed E-state index contributed by atoms with van der Waals surface area (Å²) in [6.07, 6.45) is -18.6. The molecule has 0 spiro atoms. The average molecular weight is 456 g/mol. The molecule has 0 unspecified atom stereocenters. The minimum absolute atomic E-state index is 0.0477. The molecule has 3 aliphatic rings. The zero-order chi connectivity index (χ0) is 23.0. The lowest BCUT2D eigenvalue weighted by Crippen LogP contribution is -2.65. The second kappa shape index (κ2) is 10.2. The Labute approximate surface area is 178 Å². The quantitative estimate of drug-likeness (QED) is 0.196. The lowest BCUT2D eigenvalue weighted by molar-refractivity contribution is -0.371. The van der Waals surface area contributed by atoms with Crippen molar-refractivity contribution in [2.45, 2.75) is 106 Å². The van der Waals surface area contributed by atoms with Gasteiger partial charge in [0.1, 0.15) is 48.8 Å². The second-order valence-electron chi connectivity index (χ2n) is 8.20. The molecule has 8 N–H and O–H groups in total. The molecule has 0 radical (unpaired) electrons. The monoisotopic (exact) mass is 456 g/mol. The molecule has 13 nitrogen and oxygen atoms in total. The van der Waals surface area contributed by atoms with Crippen LogP contribution in [0.4, 0.5) is 0 Å². The molecule has 0 aromatic heterocycles. The van der Waals surface area contributed by atoms with Crippen LogP contribution in [0.25, 0.3) is 0 Å². The van der Waals surface area contributed by atoms with E-state index in [1.165, 1.54) is 6.92 Å². The van der Waals surface area contributed by atoms with Gasteiger partial charge in [-0.05, 0) is 13.8 Å². The maximum Gasteiger partial charge on any atom is 0.187 e. The summed E-state index contributed by atoms with van der Waals surface area (Å²) in [7, 11) is 0. The minimum Gasteiger partial charge on any atom is -0.394 e. The van der Waals surface area contributed by atoms with Gasteiger partial charge in [-0.3, -0.25) is 0 Å². The Morgan fingerprint density at radius 3 is 1.97 bits per heavy atom. The molecule has 0 bridgehead atoms. The Morgan fingerprint density at radius 2 is 1.32 bits per heavy atom. The first-order valence-corrected chi connectivity index (χ1v) is 10.2. The van der Waals surface area contributed by atoms with Gasteiger partial charge in [-0.1, -0.05) is 0 Å². The first-order chi connectivity index (χ1) is 14.5. The topological polar surface area (TPSA) is 208 Å². The SMILES string of the molecule is C[C@@H]1O[C@H](O)[C@H](O)[C@H](O)[C@H]1O[C@H]1O[C@H](CO)[C@@H](O)[C@H](O[C@H]2O[C@H](C)[C@@H](O)C[C@@H]2O)[C@@H]1O. The third-order valence-corrected chi connectivity index (χ3v) is 5.89. The van der Waals surface area contributed by atoms with E-state index in [1.54, 1.807) is 6.92 Å². The highest BCUT2D eigenvalue weighted by Gasteiger charge is 2.51. The summed E-state index contributed by atoms with van der Waals surface area (Å²) in [6.45, 7) is 2.36. The number of aliphatic hydroxyl groups excluding tert-OH is 8. The van der Waals surface area contributed by atoms with Crippen LogP contribution < -0.4 is 0 Å². The highest BCUT2D eigenvalue weighted by molar-refractivity contribution is 4.94. The lowest BCUT2D eigenvalue weighted by Gasteiger charge is -2.47. The van der Waals surface area contributed by atoms with Crippen molar-refractivity contribution in [3.63, 3.8) is 0 Å². The fraction of sp³-hybridized carbons (Fsp3) is 1.00. The number of aliphatic hydroxyl groups is 8. The van der Waals surface area contributed by atoms with Crippen molar-refractivity contribution >= 4 is 0 Å². The van der Waals surface area contributed by atoms with Gasteiger partial charge in [0.2, 0.25) is 0 Å². The van der Waals surface area contributed by atoms with E-state index in [0.717, 1.165) is 0 Å². The molecular formula is C18H32O13. The molecule has 3 rings (SSSR count). The van der Waals surface area contributed by atoms with E-state index in [0.29, 0.717) is 0 Å². The Kier molecular flexibility index (Phi) is 8.24. The minimum atomic E-state index is -1.67. The van der Waals surface area contributed by atoms with Crippen molar-refractivity contribution in [1.82, 2.24) is 0 Å². The normalized spacial score (nSPS) is 54.0. The fourth-order valence-electron chi connectivity index (χ4n) is 3.91. The molecule has 13 heteroatoms. The molecule has 0 aromatic carbocycles. The van der Waals surface area contributed by atoms with E-state index in [1.807, 2.05) is 0 Å². The average Bonchev–Trinajstić information content (AvgIpc) is 2.71. The van der Waals surface area contributed by atoms with Crippen LogP contribution in [0.1, 0.15) is 20.3 Å². The van der Waals surface area contributed by atoms with Gasteiger partial charge < -0.3 is 64.5 Å². The molecule has 3 aliphatic heterocycles. The van der Waals surface area contributed by atoms with E-state index in [4.69, 9.17) is 23.7 Å². The Balaban J connectivity index is 1.73. The van der Waals surface area contributed by atoms with Gasteiger partial charge in [-0.15, -0.1) is 0 Å². The Hall–Kier alpha value is -0.520. The maximum absolute atomic E-state index is 10.7. The molecule has 0 aromatic rings. The van der Waals surface area contributed by atoms with Crippen LogP contribution in [0.3, 0.4) is 0 Å². The van der Waals surface area contributed by atoms with Crippen molar-refractivity contribution in [2.75, 3.05) is 6.61 Å². The van der Waals surface area contributed by atoms with Crippen molar-refractivity contribution in [1.29, 1.82) is 0 Å². The van der Waals surface area contributed by atoms with Crippen LogP contribution in [0.2, 0.25) is 0 Å². The van der Waals surface area contributed by atoms with E-state index in [-0.39, 0.29) is 6.42 Å². The molecule has 0 amide bonds. The van der Waals surface area contributed by atoms with Gasteiger partial charge >= 0.3 is 0 Å². The molecule has 182 valence electrons. The first-order valence-electron chi connectivity index (χ1n) is 10.2. The molecular weight excluding hydrogens is 424 g/mol. The third-order valence-electron chi connectivity index (χ3n) is 5.89. The Bertz CT molecular complexity index is 581. The van der Waals surface area contributed by atoms with E-state index < -0.39 is 92.6 Å². The zero-order valence-corrected chi connectivity index (χ0v) is 17.1. The Morgan fingerprint density at radius 1 is 0.677 bits per heavy atom. The summed E-state index contributed by atoms with van der Waals surface area (Å²) in [4.78, 5) is 0. The predicted octanol–water partition coefficient (Wildman–Crippen LogP) is -4.49. The molecule has 0 saturated carbocycles. The molecule has 3 fully saturated rings. The highest BCUT2D eigenvalue weighted by Crippen LogP contribution is 2.31. The maximum atomic E-state index is 10.7. The summed E-state index contributed by atoms with van der Waals surface area (Å²) >= 11 is 0. The summed E-state index contributed by atoms with van der Waals surface area (Å²) in [5.41, 5.74) is 0. The van der Waals surface area contributed by atoms with Gasteiger partial charge in [0, 0.05) is 6.42 Å². The van der Waals surface area contributed by atoms with Crippen molar-refractivity contribution in [3.05, 3.63) is 0 Å². The summed E-state index contributed by atoms with van der Waals surface area (Å²) in [5, 5.41) is 80.4. The smallest absolute Gasteiger partial charge is 0.187 e. The molecule has 0 aliphatic carbocycles. The van der Waals surface area contributed by atoms with Crippen LogP contribution >= 0.6 is 0 Å². The standard InChI is InChI=1S/C18H32O13/c1-5-7(20)3-8(21)17(28-5)31-15-10(22)9(4-19)29-18(13(15)25)30-14-6(2)27-16(26)12(24)11(14)23/h5-26H,3-4H2,1-2H3/t5-,6+,7+,8+,9-,10-,11+,12-,13+,14+,15+,16+,17-,18-/m1/s1. The largest absolute Gasteiger partial charge is 0.394 e. The molecule has 3 heterocycles. The zero-order valence-electron chi connectivity index (χ0n) is 17.1. The number of ether oxygens (including phenoxy) is 5. The number of hydrogen-bond acceptors (Lipinski definition) is 13. The summed E-state index contributed by atoms with van der Waals surface area (Å²) in [5.74, 6) is 0. The third kappa shape index (κ3) is 5.19. The van der Waals surface area contributed by atoms with Gasteiger partial charge in [0.05, 0.1) is 24.9 Å². The van der Waals surface area contributed by atoms with Crippen LogP contribution in [0, 0.1) is 0 Å². The van der Waals surface area contributed by atoms with Crippen LogP contribution in [0.15, 0.2) is 0 Å². The highest BCUT2D eigenvalue weighted by atomic mass is 16.7. The van der Waals surface area contributed by atoms with Crippen LogP contribution in [-0.4, -0.2) is 133 Å². The van der Waals surface area contributed by atoms with Gasteiger partial charge in [-0.2, -0.15) is 0 Å². The first kappa shape index (κ1) is 25.1. The van der Waals surface area contributed by atoms with Crippen molar-refractivity contribution < 1.29 is 64.5 Å². The molecule has 14 atom stereocenters. The molecule has 3 saturated heterocycles. The van der Waals surface area contributed by atoms with Crippen molar-refractivity contribution in [2.24, 2.45) is 0 Å². The summed E-state index contributed by atoms with van der Waals surface area (Å²) in [6, 6.07) is 0. The predicted molar refractivity (Wildman–Crippen MR) is 97.0 cm³/mol. The van der Waals surface area contributed by atoms with E-state index >= 15 is 0 Å². The van der Waals surface area contributed by atoms with Gasteiger partial charge in [-0.25, -0.2) is 0 Å². The van der Waals surface area contributed by atoms with E-state index in [9.17, 15) is 40.9 Å². The van der Waals surface area contributed by atoms with Gasteiger partial charge in [0.15, 0.2) is 18.9 Å². The van der Waals surface area contributed by atoms with Gasteiger partial charge in [0.25, 0.3) is 0 Å². The van der Waals surface area contributed by atoms with Crippen molar-refractivity contribution in [3.8, 4) is 0 Å². The summed E-state index contributed by atoms with van der Waals surface area (Å²) < 4.78 is 27.1. The molecule has 31 heavy (non-hydrogen) atoms. The number of hydrogen-bond donors (Lipinski definition) is 8. The second-order valence-corrected chi connectivity index (χ2v) is 8.20. The fourth-order valence-corrected chi connectivity index (χ4v) is 3.91. The van der Waals surface area contributed by atoms with Crippen LogP contribution in [-0.2, 0) is 23.7 Å². The van der Waals surface area contributed by atoms with Crippen LogP contribution in [0.5, 0.6) is 0 Å².